The molecule has 0 spiro atoms. The van der Waals surface area contributed by atoms with E-state index in [4.69, 9.17) is 4.52 Å². The molecule has 1 fully saturated rings. The molecule has 7 nitrogen and oxygen atoms in total. The largest absolute Gasteiger partial charge is 0.369 e. The van der Waals surface area contributed by atoms with E-state index in [-0.39, 0.29) is 29.9 Å². The third-order valence-electron chi connectivity index (χ3n) is 4.74. The van der Waals surface area contributed by atoms with Gasteiger partial charge in [-0.05, 0) is 25.0 Å². The van der Waals surface area contributed by atoms with Crippen LogP contribution in [-0.4, -0.2) is 48.8 Å². The van der Waals surface area contributed by atoms with E-state index in [0.717, 1.165) is 31.3 Å². The van der Waals surface area contributed by atoms with E-state index >= 15 is 0 Å². The summed E-state index contributed by atoms with van der Waals surface area (Å²) in [5.74, 6) is 2.52. The summed E-state index contributed by atoms with van der Waals surface area (Å²) in [5.41, 5.74) is 1.28. The minimum Gasteiger partial charge on any atom is -0.369 e. The Kier molecular flexibility index (Phi) is 9.01. The first-order valence-corrected chi connectivity index (χ1v) is 9.75. The number of hydrogen-bond donors (Lipinski definition) is 2. The van der Waals surface area contributed by atoms with Gasteiger partial charge in [-0.2, -0.15) is 4.98 Å². The molecule has 154 valence electrons. The van der Waals surface area contributed by atoms with E-state index in [0.29, 0.717) is 24.9 Å². The maximum absolute atomic E-state index is 5.29. The number of rotatable bonds is 6. The van der Waals surface area contributed by atoms with Gasteiger partial charge in [0, 0.05) is 50.7 Å². The lowest BCUT2D eigenvalue weighted by atomic mass is 10.1. The second kappa shape index (κ2) is 11.2. The van der Waals surface area contributed by atoms with E-state index in [9.17, 15) is 0 Å². The van der Waals surface area contributed by atoms with Gasteiger partial charge in [0.15, 0.2) is 11.8 Å². The van der Waals surface area contributed by atoms with Crippen LogP contribution in [0.4, 0.5) is 5.69 Å². The highest BCUT2D eigenvalue weighted by molar-refractivity contribution is 14.0. The molecule has 28 heavy (non-hydrogen) atoms. The molecule has 0 bridgehead atoms. The summed E-state index contributed by atoms with van der Waals surface area (Å²) in [7, 11) is 1.80. The zero-order chi connectivity index (χ0) is 19.1. The molecule has 1 unspecified atom stereocenters. The first-order chi connectivity index (χ1) is 13.2. The van der Waals surface area contributed by atoms with Crippen molar-refractivity contribution in [3.63, 3.8) is 0 Å². The van der Waals surface area contributed by atoms with Crippen molar-refractivity contribution in [1.29, 1.82) is 0 Å². The number of aromatic nitrogens is 2. The Morgan fingerprint density at radius 1 is 1.32 bits per heavy atom. The first-order valence-electron chi connectivity index (χ1n) is 9.75. The Hall–Kier alpha value is -1.84. The van der Waals surface area contributed by atoms with Crippen molar-refractivity contribution < 1.29 is 4.52 Å². The molecule has 1 saturated heterocycles. The normalized spacial score (nSPS) is 17.4. The maximum Gasteiger partial charge on any atom is 0.228 e. The topological polar surface area (TPSA) is 78.6 Å². The molecule has 3 rings (SSSR count). The van der Waals surface area contributed by atoms with E-state index in [1.54, 1.807) is 7.05 Å². The standard InChI is InChI=1S/C20H30N6O.HI/c1-15(2)19-24-18(27-25-19)11-12-22-20(21-3)23-16-8-7-13-26(14-16)17-9-5-4-6-10-17;/h4-6,9-10,15-16H,7-8,11-14H2,1-3H3,(H2,21,22,23);1H. The average Bonchev–Trinajstić information content (AvgIpc) is 3.17. The summed E-state index contributed by atoms with van der Waals surface area (Å²) in [6, 6.07) is 11.0. The summed E-state index contributed by atoms with van der Waals surface area (Å²) in [4.78, 5) is 11.2. The quantitative estimate of drug-likeness (QED) is 0.362. The Balaban J connectivity index is 0.00000280. The zero-order valence-electron chi connectivity index (χ0n) is 16.9. The molecule has 1 aromatic heterocycles. The number of anilines is 1. The third-order valence-corrected chi connectivity index (χ3v) is 4.74. The molecule has 1 aromatic carbocycles. The molecule has 0 radical (unpaired) electrons. The van der Waals surface area contributed by atoms with Crippen LogP contribution in [0.2, 0.25) is 0 Å². The summed E-state index contributed by atoms with van der Waals surface area (Å²) < 4.78 is 5.29. The van der Waals surface area contributed by atoms with E-state index < -0.39 is 0 Å². The molecule has 2 heterocycles. The molecule has 2 N–H and O–H groups in total. The smallest absolute Gasteiger partial charge is 0.228 e. The number of piperidine rings is 1. The van der Waals surface area contributed by atoms with Gasteiger partial charge in [0.1, 0.15) is 0 Å². The lowest BCUT2D eigenvalue weighted by Gasteiger charge is -2.35. The van der Waals surface area contributed by atoms with Crippen molar-refractivity contribution in [3.05, 3.63) is 42.0 Å². The number of para-hydroxylation sites is 1. The van der Waals surface area contributed by atoms with E-state index in [2.05, 4.69) is 74.8 Å². The van der Waals surface area contributed by atoms with Gasteiger partial charge >= 0.3 is 0 Å². The fraction of sp³-hybridized carbons (Fsp3) is 0.550. The van der Waals surface area contributed by atoms with Gasteiger partial charge in [-0.1, -0.05) is 37.2 Å². The molecule has 0 aliphatic carbocycles. The fourth-order valence-corrected chi connectivity index (χ4v) is 3.25. The van der Waals surface area contributed by atoms with Crippen molar-refractivity contribution in [2.24, 2.45) is 4.99 Å². The fourth-order valence-electron chi connectivity index (χ4n) is 3.25. The van der Waals surface area contributed by atoms with Gasteiger partial charge < -0.3 is 20.1 Å². The third kappa shape index (κ3) is 6.35. The molecule has 1 aliphatic rings. The second-order valence-corrected chi connectivity index (χ2v) is 7.22. The lowest BCUT2D eigenvalue weighted by Crippen LogP contribution is -2.51. The number of halogens is 1. The van der Waals surface area contributed by atoms with Crippen LogP contribution in [0.25, 0.3) is 0 Å². The van der Waals surface area contributed by atoms with Crippen molar-refractivity contribution in [1.82, 2.24) is 20.8 Å². The van der Waals surface area contributed by atoms with Gasteiger partial charge in [0.25, 0.3) is 0 Å². The molecule has 1 aliphatic heterocycles. The van der Waals surface area contributed by atoms with Gasteiger partial charge in [-0.3, -0.25) is 4.99 Å². The minimum atomic E-state index is 0. The highest BCUT2D eigenvalue weighted by Gasteiger charge is 2.21. The second-order valence-electron chi connectivity index (χ2n) is 7.22. The van der Waals surface area contributed by atoms with Crippen molar-refractivity contribution >= 4 is 35.6 Å². The molecule has 8 heteroatoms. The van der Waals surface area contributed by atoms with Crippen LogP contribution in [0.1, 0.15) is 44.3 Å². The highest BCUT2D eigenvalue weighted by atomic mass is 127. The monoisotopic (exact) mass is 498 g/mol. The number of guanidine groups is 1. The van der Waals surface area contributed by atoms with Crippen LogP contribution in [-0.2, 0) is 6.42 Å². The van der Waals surface area contributed by atoms with Gasteiger partial charge in [-0.25, -0.2) is 0 Å². The number of benzene rings is 1. The highest BCUT2D eigenvalue weighted by Crippen LogP contribution is 2.19. The molecule has 1 atom stereocenters. The number of nitrogens with one attached hydrogen (secondary N) is 2. The molecule has 2 aromatic rings. The summed E-state index contributed by atoms with van der Waals surface area (Å²) >= 11 is 0. The summed E-state index contributed by atoms with van der Waals surface area (Å²) in [6.07, 6.45) is 3.00. The SMILES string of the molecule is CN=C(NCCc1nc(C(C)C)no1)NC1CCCN(c2ccccc2)C1.I. The Labute approximate surface area is 184 Å². The van der Waals surface area contributed by atoms with Crippen molar-refractivity contribution in [2.75, 3.05) is 31.6 Å². The minimum absolute atomic E-state index is 0. The van der Waals surface area contributed by atoms with Crippen LogP contribution in [0.5, 0.6) is 0 Å². The number of hydrogen-bond acceptors (Lipinski definition) is 5. The van der Waals surface area contributed by atoms with Crippen LogP contribution in [0, 0.1) is 0 Å². The molecule has 0 amide bonds. The maximum atomic E-state index is 5.29. The van der Waals surface area contributed by atoms with E-state index in [1.807, 2.05) is 0 Å². The van der Waals surface area contributed by atoms with Crippen LogP contribution in [0.3, 0.4) is 0 Å². The summed E-state index contributed by atoms with van der Waals surface area (Å²) in [6.45, 7) is 6.90. The van der Waals surface area contributed by atoms with Crippen LogP contribution in [0.15, 0.2) is 39.8 Å². The number of aliphatic imine (C=N–C) groups is 1. The molecule has 0 saturated carbocycles. The zero-order valence-corrected chi connectivity index (χ0v) is 19.2. The Morgan fingerprint density at radius 3 is 2.79 bits per heavy atom. The molecular formula is C20H31IN6O. The van der Waals surface area contributed by atoms with Crippen LogP contribution >= 0.6 is 24.0 Å². The van der Waals surface area contributed by atoms with E-state index in [1.165, 1.54) is 12.1 Å². The molecular weight excluding hydrogens is 467 g/mol. The first kappa shape index (κ1) is 22.4. The predicted octanol–water partition coefficient (Wildman–Crippen LogP) is 3.19. The predicted molar refractivity (Wildman–Crippen MR) is 124 cm³/mol. The van der Waals surface area contributed by atoms with Gasteiger partial charge in [0.05, 0.1) is 0 Å². The van der Waals surface area contributed by atoms with Crippen LogP contribution < -0.4 is 15.5 Å². The van der Waals surface area contributed by atoms with Gasteiger partial charge in [0.2, 0.25) is 5.89 Å². The van der Waals surface area contributed by atoms with Gasteiger partial charge in [-0.15, -0.1) is 24.0 Å². The lowest BCUT2D eigenvalue weighted by molar-refractivity contribution is 0.371. The Bertz CT molecular complexity index is 733. The number of nitrogens with zero attached hydrogens (tertiary/aromatic N) is 4. The van der Waals surface area contributed by atoms with Crippen molar-refractivity contribution in [2.45, 2.75) is 45.1 Å². The average molecular weight is 498 g/mol. The summed E-state index contributed by atoms with van der Waals surface area (Å²) in [5, 5.41) is 10.9. The Morgan fingerprint density at radius 2 is 2.11 bits per heavy atom. The van der Waals surface area contributed by atoms with Crippen molar-refractivity contribution in [3.8, 4) is 0 Å².